The summed E-state index contributed by atoms with van der Waals surface area (Å²) in [6, 6.07) is 21.9. The van der Waals surface area contributed by atoms with Gasteiger partial charge in [-0.05, 0) is 42.5 Å². The molecular weight excluding hydrogens is 433 g/mol. The normalized spacial score (nSPS) is 11.2. The first-order valence-electron chi connectivity index (χ1n) is 9.03. The number of allylic oxidation sites excluding steroid dienone is 1. The molecule has 4 rings (SSSR count). The Balaban J connectivity index is 1.75. The van der Waals surface area contributed by atoms with E-state index in [1.54, 1.807) is 42.5 Å². The molecule has 0 fully saturated rings. The fraction of sp³-hybridized carbons (Fsp3) is 0. The molecule has 0 atom stereocenters. The molecule has 2 heterocycles. The van der Waals surface area contributed by atoms with Gasteiger partial charge in [0, 0.05) is 11.6 Å². The summed E-state index contributed by atoms with van der Waals surface area (Å²) in [5.74, 6) is 1.12. The summed E-state index contributed by atoms with van der Waals surface area (Å²) >= 11 is 12.0. The van der Waals surface area contributed by atoms with Crippen molar-refractivity contribution in [2.45, 2.75) is 0 Å². The summed E-state index contributed by atoms with van der Waals surface area (Å²) in [7, 11) is 0. The number of nitrogens with zero attached hydrogens (tertiary/aromatic N) is 4. The van der Waals surface area contributed by atoms with Crippen molar-refractivity contribution in [3.05, 3.63) is 87.7 Å². The molecule has 0 radical (unpaired) electrons. The molecule has 0 unspecified atom stereocenters. The summed E-state index contributed by atoms with van der Waals surface area (Å²) in [6.07, 6.45) is 1.51. The standard InChI is InChI=1S/C23H13Cl2N5O/c24-19-8-6-14(11-20(19)25)21-9-7-17(31-21)10-15(12-26)22-18(13-27)23(28)30(29-22)16-4-2-1-3-5-16/h1-11H,28H2. The summed E-state index contributed by atoms with van der Waals surface area (Å²) in [5.41, 5.74) is 8.00. The SMILES string of the molecule is N#CC(=Cc1ccc(-c2ccc(Cl)c(Cl)c2)o1)c1nn(-c2ccccc2)c(N)c1C#N. The number of rotatable bonds is 4. The van der Waals surface area contributed by atoms with Crippen LogP contribution in [0.1, 0.15) is 17.0 Å². The molecule has 150 valence electrons. The largest absolute Gasteiger partial charge is 0.457 e. The maximum absolute atomic E-state index is 9.73. The van der Waals surface area contributed by atoms with Gasteiger partial charge in [0.15, 0.2) is 0 Å². The number of benzene rings is 2. The molecule has 31 heavy (non-hydrogen) atoms. The van der Waals surface area contributed by atoms with E-state index in [1.807, 2.05) is 24.3 Å². The Morgan fingerprint density at radius 3 is 2.48 bits per heavy atom. The molecule has 0 saturated carbocycles. The number of para-hydroxylation sites is 1. The van der Waals surface area contributed by atoms with E-state index >= 15 is 0 Å². The van der Waals surface area contributed by atoms with Crippen LogP contribution >= 0.6 is 23.2 Å². The highest BCUT2D eigenvalue weighted by Gasteiger charge is 2.20. The second-order valence-corrected chi connectivity index (χ2v) is 7.28. The van der Waals surface area contributed by atoms with Crippen molar-refractivity contribution in [2.24, 2.45) is 0 Å². The van der Waals surface area contributed by atoms with Gasteiger partial charge in [0.2, 0.25) is 0 Å². The van der Waals surface area contributed by atoms with Crippen LogP contribution in [-0.4, -0.2) is 9.78 Å². The van der Waals surface area contributed by atoms with Gasteiger partial charge >= 0.3 is 0 Å². The predicted octanol–water partition coefficient (Wildman–Crippen LogP) is 5.96. The van der Waals surface area contributed by atoms with E-state index in [2.05, 4.69) is 11.2 Å². The highest BCUT2D eigenvalue weighted by atomic mass is 35.5. The molecule has 8 heteroatoms. The number of nitriles is 2. The predicted molar refractivity (Wildman–Crippen MR) is 120 cm³/mol. The molecule has 0 aliphatic heterocycles. The van der Waals surface area contributed by atoms with Crippen LogP contribution in [0, 0.1) is 22.7 Å². The summed E-state index contributed by atoms with van der Waals surface area (Å²) in [4.78, 5) is 0. The van der Waals surface area contributed by atoms with Crippen molar-refractivity contribution < 1.29 is 4.42 Å². The van der Waals surface area contributed by atoms with Crippen molar-refractivity contribution in [3.63, 3.8) is 0 Å². The second-order valence-electron chi connectivity index (χ2n) is 6.47. The van der Waals surface area contributed by atoms with Crippen LogP contribution in [0.5, 0.6) is 0 Å². The third kappa shape index (κ3) is 3.91. The first-order valence-corrected chi connectivity index (χ1v) is 9.79. The molecule has 6 nitrogen and oxygen atoms in total. The van der Waals surface area contributed by atoms with E-state index < -0.39 is 0 Å². The van der Waals surface area contributed by atoms with Crippen LogP contribution in [0.3, 0.4) is 0 Å². The average molecular weight is 446 g/mol. The first-order chi connectivity index (χ1) is 15.0. The Morgan fingerprint density at radius 2 is 1.81 bits per heavy atom. The van der Waals surface area contributed by atoms with Crippen molar-refractivity contribution >= 4 is 40.7 Å². The minimum absolute atomic E-state index is 0.118. The number of halogens is 2. The minimum atomic E-state index is 0.118. The van der Waals surface area contributed by atoms with Crippen LogP contribution in [0.2, 0.25) is 10.0 Å². The molecule has 2 N–H and O–H groups in total. The molecule has 2 aromatic heterocycles. The lowest BCUT2D eigenvalue weighted by molar-refractivity contribution is 0.572. The number of nitrogen functional groups attached to an aromatic ring is 1. The van der Waals surface area contributed by atoms with Crippen molar-refractivity contribution in [1.82, 2.24) is 9.78 Å². The van der Waals surface area contributed by atoms with Gasteiger partial charge in [0.05, 0.1) is 21.3 Å². The highest BCUT2D eigenvalue weighted by molar-refractivity contribution is 6.42. The molecule has 0 amide bonds. The average Bonchev–Trinajstić information content (AvgIpc) is 3.38. The number of nitrogens with two attached hydrogens (primary N) is 1. The van der Waals surface area contributed by atoms with Crippen molar-refractivity contribution in [2.75, 3.05) is 5.73 Å². The Bertz CT molecular complexity index is 1390. The van der Waals surface area contributed by atoms with Gasteiger partial charge in [0.25, 0.3) is 0 Å². The van der Waals surface area contributed by atoms with Crippen LogP contribution in [0.25, 0.3) is 28.7 Å². The fourth-order valence-electron chi connectivity index (χ4n) is 3.03. The van der Waals surface area contributed by atoms with E-state index in [1.165, 1.54) is 10.8 Å². The van der Waals surface area contributed by atoms with Gasteiger partial charge in [-0.15, -0.1) is 0 Å². The monoisotopic (exact) mass is 445 g/mol. The van der Waals surface area contributed by atoms with Gasteiger partial charge in [-0.25, -0.2) is 4.68 Å². The minimum Gasteiger partial charge on any atom is -0.457 e. The molecule has 2 aromatic carbocycles. The maximum atomic E-state index is 9.73. The fourth-order valence-corrected chi connectivity index (χ4v) is 3.32. The van der Waals surface area contributed by atoms with Crippen LogP contribution in [0.4, 0.5) is 5.82 Å². The lowest BCUT2D eigenvalue weighted by Gasteiger charge is -2.02. The quantitative estimate of drug-likeness (QED) is 0.390. The zero-order valence-electron chi connectivity index (χ0n) is 15.9. The van der Waals surface area contributed by atoms with E-state index in [0.717, 1.165) is 5.56 Å². The van der Waals surface area contributed by atoms with E-state index in [0.29, 0.717) is 27.3 Å². The van der Waals surface area contributed by atoms with Crippen LogP contribution < -0.4 is 5.73 Å². The number of hydrogen-bond donors (Lipinski definition) is 1. The van der Waals surface area contributed by atoms with Crippen LogP contribution in [0.15, 0.2) is 65.1 Å². The second kappa shape index (κ2) is 8.41. The molecule has 0 bridgehead atoms. The lowest BCUT2D eigenvalue weighted by atomic mass is 10.1. The topological polar surface area (TPSA) is 105 Å². The molecule has 0 saturated heterocycles. The zero-order valence-corrected chi connectivity index (χ0v) is 17.4. The molecule has 4 aromatic rings. The van der Waals surface area contributed by atoms with Gasteiger partial charge in [-0.2, -0.15) is 15.6 Å². The third-order valence-corrected chi connectivity index (χ3v) is 5.27. The van der Waals surface area contributed by atoms with Gasteiger partial charge < -0.3 is 10.2 Å². The van der Waals surface area contributed by atoms with Gasteiger partial charge in [-0.1, -0.05) is 41.4 Å². The number of furan rings is 1. The number of anilines is 1. The van der Waals surface area contributed by atoms with E-state index in [9.17, 15) is 10.5 Å². The Kier molecular flexibility index (Phi) is 5.51. The van der Waals surface area contributed by atoms with Crippen molar-refractivity contribution in [3.8, 4) is 29.1 Å². The van der Waals surface area contributed by atoms with Crippen LogP contribution in [-0.2, 0) is 0 Å². The summed E-state index contributed by atoms with van der Waals surface area (Å²) < 4.78 is 7.27. The van der Waals surface area contributed by atoms with Crippen molar-refractivity contribution in [1.29, 1.82) is 10.5 Å². The highest BCUT2D eigenvalue weighted by Crippen LogP contribution is 2.31. The molecule has 0 spiro atoms. The maximum Gasteiger partial charge on any atom is 0.145 e. The zero-order chi connectivity index (χ0) is 22.0. The molecule has 0 aliphatic rings. The molecular formula is C23H13Cl2N5O. The summed E-state index contributed by atoms with van der Waals surface area (Å²) in [6.45, 7) is 0. The smallest absolute Gasteiger partial charge is 0.145 e. The Labute approximate surface area is 188 Å². The summed E-state index contributed by atoms with van der Waals surface area (Å²) in [5, 5.41) is 24.6. The van der Waals surface area contributed by atoms with Gasteiger partial charge in [0.1, 0.15) is 40.7 Å². The lowest BCUT2D eigenvalue weighted by Crippen LogP contribution is -2.02. The first kappa shape index (κ1) is 20.3. The van der Waals surface area contributed by atoms with E-state index in [4.69, 9.17) is 33.4 Å². The van der Waals surface area contributed by atoms with Gasteiger partial charge in [-0.3, -0.25) is 0 Å². The Morgan fingerprint density at radius 1 is 1.03 bits per heavy atom. The third-order valence-electron chi connectivity index (χ3n) is 4.53. The molecule has 0 aliphatic carbocycles. The number of hydrogen-bond acceptors (Lipinski definition) is 5. The Hall–Kier alpha value is -3.97. The van der Waals surface area contributed by atoms with E-state index in [-0.39, 0.29) is 22.6 Å². The number of aromatic nitrogens is 2.